The quantitative estimate of drug-likeness (QED) is 0.488. The van der Waals surface area contributed by atoms with Crippen molar-refractivity contribution in [3.8, 4) is 0 Å². The van der Waals surface area contributed by atoms with E-state index < -0.39 is 15.9 Å². The molecule has 0 unspecified atom stereocenters. The number of fused-ring (bicyclic) bond motifs is 1. The number of benzene rings is 2. The Morgan fingerprint density at radius 2 is 1.79 bits per heavy atom. The van der Waals surface area contributed by atoms with Crippen LogP contribution in [-0.4, -0.2) is 48.2 Å². The number of Topliss-reactive ketones (excluding diaryl/α,β-unsaturated/α-hetero) is 1. The maximum atomic E-state index is 12.2. The molecule has 1 amide bonds. The Morgan fingerprint density at radius 1 is 1.12 bits per heavy atom. The van der Waals surface area contributed by atoms with E-state index in [9.17, 15) is 18.0 Å². The minimum atomic E-state index is -3.18. The van der Waals surface area contributed by atoms with E-state index in [4.69, 9.17) is 5.73 Å². The molecular weight excluding hydrogens is 458 g/mol. The average Bonchev–Trinajstić information content (AvgIpc) is 3.22. The van der Waals surface area contributed by atoms with Crippen LogP contribution in [0.4, 0.5) is 0 Å². The van der Waals surface area contributed by atoms with Gasteiger partial charge in [-0.05, 0) is 62.4 Å². The third kappa shape index (κ3) is 4.85. The molecule has 0 spiro atoms. The largest absolute Gasteiger partial charge is 0.366 e. The number of primary amides is 1. The predicted molar refractivity (Wildman–Crippen MR) is 130 cm³/mol. The molecule has 1 aliphatic rings. The lowest BCUT2D eigenvalue weighted by Crippen LogP contribution is -2.38. The number of ketones is 1. The molecule has 0 bridgehead atoms. The van der Waals surface area contributed by atoms with Crippen molar-refractivity contribution in [3.05, 3.63) is 59.3 Å². The summed E-state index contributed by atoms with van der Waals surface area (Å²) in [6, 6.07) is 11.2. The summed E-state index contributed by atoms with van der Waals surface area (Å²) in [4.78, 5) is 28.8. The number of sulfonamides is 1. The Balaban J connectivity index is 1.65. The van der Waals surface area contributed by atoms with Crippen molar-refractivity contribution < 1.29 is 18.0 Å². The lowest BCUT2D eigenvalue weighted by atomic mass is 9.89. The third-order valence-electron chi connectivity index (χ3n) is 6.21. The zero-order chi connectivity index (χ0) is 23.8. The minimum absolute atomic E-state index is 0.0127. The summed E-state index contributed by atoms with van der Waals surface area (Å²) in [5, 5.41) is 0.936. The highest BCUT2D eigenvalue weighted by molar-refractivity contribution is 7.99. The molecule has 33 heavy (non-hydrogen) atoms. The highest BCUT2D eigenvalue weighted by Gasteiger charge is 2.29. The van der Waals surface area contributed by atoms with Crippen LogP contribution in [0.2, 0.25) is 0 Å². The Kier molecular flexibility index (Phi) is 6.65. The molecule has 9 heteroatoms. The number of amides is 1. The second-order valence-corrected chi connectivity index (χ2v) is 11.7. The number of nitrogens with one attached hydrogen (secondary N) is 1. The van der Waals surface area contributed by atoms with Crippen molar-refractivity contribution in [2.75, 3.05) is 18.8 Å². The smallest absolute Gasteiger partial charge is 0.250 e. The molecule has 0 radical (unpaired) electrons. The van der Waals surface area contributed by atoms with Gasteiger partial charge in [-0.2, -0.15) is 0 Å². The first kappa shape index (κ1) is 23.5. The molecule has 7 nitrogen and oxygen atoms in total. The molecular formula is C24H27N3O4S2. The summed E-state index contributed by atoms with van der Waals surface area (Å²) >= 11 is 1.50. The SMILES string of the molecule is CCS(=O)(=O)N1CCC(c2c[nH]c3c(C(N)=O)cc(Sc4ccc(C(C)=O)cc4)cc23)CC1. The van der Waals surface area contributed by atoms with E-state index in [2.05, 4.69) is 4.98 Å². The fourth-order valence-electron chi connectivity index (χ4n) is 4.34. The molecule has 1 saturated heterocycles. The van der Waals surface area contributed by atoms with Crippen molar-refractivity contribution in [2.45, 2.75) is 42.4 Å². The van der Waals surface area contributed by atoms with Crippen LogP contribution in [0.1, 0.15) is 58.9 Å². The standard InChI is InChI=1S/C24H27N3O4S2/c1-3-33(30,31)27-10-8-17(9-11-27)22-14-26-23-20(22)12-19(13-21(23)24(25)29)32-18-6-4-16(5-7-18)15(2)28/h4-7,12-14,17,26H,3,8-11H2,1-2H3,(H2,25,29). The van der Waals surface area contributed by atoms with Crippen LogP contribution in [0.5, 0.6) is 0 Å². The fraction of sp³-hybridized carbons (Fsp3) is 0.333. The second-order valence-electron chi connectivity index (χ2n) is 8.26. The summed E-state index contributed by atoms with van der Waals surface area (Å²) in [6.45, 7) is 4.18. The minimum Gasteiger partial charge on any atom is -0.366 e. The first-order valence-electron chi connectivity index (χ1n) is 10.9. The highest BCUT2D eigenvalue weighted by Crippen LogP contribution is 2.38. The van der Waals surface area contributed by atoms with Crippen molar-refractivity contribution in [2.24, 2.45) is 5.73 Å². The molecule has 1 aromatic heterocycles. The third-order valence-corrected chi connectivity index (χ3v) is 9.07. The van der Waals surface area contributed by atoms with E-state index >= 15 is 0 Å². The van der Waals surface area contributed by atoms with Gasteiger partial charge in [0, 0.05) is 40.0 Å². The number of H-pyrrole nitrogens is 1. The van der Waals surface area contributed by atoms with E-state index in [0.29, 0.717) is 29.7 Å². The normalized spacial score (nSPS) is 15.7. The zero-order valence-electron chi connectivity index (χ0n) is 18.6. The van der Waals surface area contributed by atoms with Crippen LogP contribution in [0.15, 0.2) is 52.4 Å². The van der Waals surface area contributed by atoms with Gasteiger partial charge in [-0.15, -0.1) is 0 Å². The number of aromatic amines is 1. The molecule has 0 atom stereocenters. The van der Waals surface area contributed by atoms with Crippen LogP contribution in [0.3, 0.4) is 0 Å². The summed E-state index contributed by atoms with van der Waals surface area (Å²) in [6.07, 6.45) is 3.37. The van der Waals surface area contributed by atoms with Crippen molar-refractivity contribution in [1.29, 1.82) is 0 Å². The average molecular weight is 486 g/mol. The summed E-state index contributed by atoms with van der Waals surface area (Å²) in [7, 11) is -3.18. The van der Waals surface area contributed by atoms with Crippen molar-refractivity contribution in [1.82, 2.24) is 9.29 Å². The lowest BCUT2D eigenvalue weighted by Gasteiger charge is -2.31. The summed E-state index contributed by atoms with van der Waals surface area (Å²) in [5.74, 6) is -0.191. The van der Waals surface area contributed by atoms with E-state index in [1.807, 2.05) is 24.4 Å². The van der Waals surface area contributed by atoms with Gasteiger partial charge in [-0.25, -0.2) is 12.7 Å². The maximum Gasteiger partial charge on any atom is 0.250 e. The highest BCUT2D eigenvalue weighted by atomic mass is 32.2. The maximum absolute atomic E-state index is 12.2. The lowest BCUT2D eigenvalue weighted by molar-refractivity contribution is 0.0997. The van der Waals surface area contributed by atoms with Crippen LogP contribution in [-0.2, 0) is 10.0 Å². The van der Waals surface area contributed by atoms with Gasteiger partial charge in [0.05, 0.1) is 16.8 Å². The monoisotopic (exact) mass is 485 g/mol. The summed E-state index contributed by atoms with van der Waals surface area (Å²) in [5.41, 5.74) is 8.54. The second kappa shape index (κ2) is 9.32. The summed E-state index contributed by atoms with van der Waals surface area (Å²) < 4.78 is 26.0. The number of nitrogens with zero attached hydrogens (tertiary/aromatic N) is 1. The van der Waals surface area contributed by atoms with Gasteiger partial charge in [0.1, 0.15) is 0 Å². The van der Waals surface area contributed by atoms with Gasteiger partial charge in [-0.1, -0.05) is 23.9 Å². The molecule has 2 aromatic carbocycles. The van der Waals surface area contributed by atoms with Crippen LogP contribution in [0.25, 0.3) is 10.9 Å². The van der Waals surface area contributed by atoms with Crippen LogP contribution in [0, 0.1) is 0 Å². The number of hydrogen-bond acceptors (Lipinski definition) is 5. The molecule has 0 saturated carbocycles. The van der Waals surface area contributed by atoms with Crippen LogP contribution >= 0.6 is 11.8 Å². The molecule has 3 aromatic rings. The van der Waals surface area contributed by atoms with E-state index in [1.54, 1.807) is 29.4 Å². The molecule has 174 valence electrons. The predicted octanol–water partition coefficient (Wildman–Crippen LogP) is 4.15. The molecule has 1 fully saturated rings. The van der Waals surface area contributed by atoms with Gasteiger partial charge < -0.3 is 10.7 Å². The first-order valence-corrected chi connectivity index (χ1v) is 13.3. The molecule has 4 rings (SSSR count). The van der Waals surface area contributed by atoms with E-state index in [1.165, 1.54) is 18.7 Å². The number of rotatable bonds is 7. The number of piperidine rings is 1. The van der Waals surface area contributed by atoms with Gasteiger partial charge in [0.25, 0.3) is 5.91 Å². The number of hydrogen-bond donors (Lipinski definition) is 2. The van der Waals surface area contributed by atoms with Gasteiger partial charge in [0.2, 0.25) is 10.0 Å². The van der Waals surface area contributed by atoms with E-state index in [0.717, 1.165) is 33.6 Å². The molecule has 0 aliphatic carbocycles. The Labute approximate surface area is 197 Å². The van der Waals surface area contributed by atoms with Crippen molar-refractivity contribution in [3.63, 3.8) is 0 Å². The van der Waals surface area contributed by atoms with Crippen LogP contribution < -0.4 is 5.73 Å². The van der Waals surface area contributed by atoms with Gasteiger partial charge in [-0.3, -0.25) is 9.59 Å². The number of nitrogens with two attached hydrogens (primary N) is 1. The number of carbonyl (C=O) groups excluding carboxylic acids is 2. The topological polar surface area (TPSA) is 113 Å². The Bertz CT molecular complexity index is 1310. The molecule has 3 N–H and O–H groups in total. The number of aromatic nitrogens is 1. The van der Waals surface area contributed by atoms with Crippen molar-refractivity contribution >= 4 is 44.4 Å². The Morgan fingerprint density at radius 3 is 2.36 bits per heavy atom. The fourth-order valence-corrected chi connectivity index (χ4v) is 6.37. The first-order chi connectivity index (χ1) is 15.7. The number of carbonyl (C=O) groups is 2. The van der Waals surface area contributed by atoms with Gasteiger partial charge in [0.15, 0.2) is 5.78 Å². The van der Waals surface area contributed by atoms with Gasteiger partial charge >= 0.3 is 0 Å². The molecule has 1 aliphatic heterocycles. The Hall–Kier alpha value is -2.62. The molecule has 2 heterocycles. The zero-order valence-corrected chi connectivity index (χ0v) is 20.3. The van der Waals surface area contributed by atoms with E-state index in [-0.39, 0.29) is 17.5 Å².